The van der Waals surface area contributed by atoms with Crippen LogP contribution in [0, 0.1) is 25.1 Å². The van der Waals surface area contributed by atoms with Gasteiger partial charge in [0.05, 0.1) is 21.7 Å². The number of anilines is 1. The Hall–Kier alpha value is -3.74. The van der Waals surface area contributed by atoms with E-state index in [9.17, 15) is 17.6 Å². The van der Waals surface area contributed by atoms with Gasteiger partial charge < -0.3 is 4.57 Å². The number of hydrogen-bond donors (Lipinski definition) is 1. The molecule has 4 aromatic rings. The summed E-state index contributed by atoms with van der Waals surface area (Å²) in [6.07, 6.45) is 5.51. The number of fused-ring (bicyclic) bond motifs is 1. The van der Waals surface area contributed by atoms with Gasteiger partial charge in [0.15, 0.2) is 4.80 Å². The predicted octanol–water partition coefficient (Wildman–Crippen LogP) is 4.33. The monoisotopic (exact) mass is 479 g/mol. The van der Waals surface area contributed by atoms with Crippen LogP contribution in [0.3, 0.4) is 0 Å². The van der Waals surface area contributed by atoms with Crippen molar-refractivity contribution < 1.29 is 17.6 Å². The van der Waals surface area contributed by atoms with Crippen molar-refractivity contribution in [2.75, 3.05) is 4.72 Å². The number of nitrogens with zero attached hydrogens (tertiary/aromatic N) is 2. The van der Waals surface area contributed by atoms with Crippen LogP contribution in [0.1, 0.15) is 15.9 Å². The highest BCUT2D eigenvalue weighted by molar-refractivity contribution is 7.92. The third kappa shape index (κ3) is 4.87. The highest BCUT2D eigenvalue weighted by Crippen LogP contribution is 2.20. The maximum atomic E-state index is 13.1. The molecule has 1 heterocycles. The number of terminal acetylenes is 1. The maximum absolute atomic E-state index is 13.1. The molecule has 0 aliphatic heterocycles. The number of halogens is 1. The van der Waals surface area contributed by atoms with E-state index in [1.54, 1.807) is 16.7 Å². The summed E-state index contributed by atoms with van der Waals surface area (Å²) >= 11 is 1.35. The standard InChI is InChI=1S/C24H18FN3O3S2/c1-3-13-28-21-12-7-16(2)14-22(21)32-24(28)26-23(29)17-5-4-6-19(15-17)27-33(30,31)20-10-8-18(25)9-11-20/h1,4-12,14-15,27H,13H2,2H3. The number of aromatic nitrogens is 1. The first-order valence-corrected chi connectivity index (χ1v) is 12.1. The highest BCUT2D eigenvalue weighted by Gasteiger charge is 2.15. The van der Waals surface area contributed by atoms with Gasteiger partial charge >= 0.3 is 0 Å². The number of aryl methyl sites for hydroxylation is 1. The number of amides is 1. The summed E-state index contributed by atoms with van der Waals surface area (Å²) in [6, 6.07) is 16.4. The van der Waals surface area contributed by atoms with Crippen molar-refractivity contribution in [3.05, 3.63) is 88.5 Å². The molecule has 0 bridgehead atoms. The average Bonchev–Trinajstić information content (AvgIpc) is 3.10. The van der Waals surface area contributed by atoms with Gasteiger partial charge in [0, 0.05) is 11.3 Å². The summed E-state index contributed by atoms with van der Waals surface area (Å²) in [5.41, 5.74) is 2.35. The molecule has 3 aromatic carbocycles. The van der Waals surface area contributed by atoms with Crippen molar-refractivity contribution >= 4 is 43.2 Å². The predicted molar refractivity (Wildman–Crippen MR) is 127 cm³/mol. The normalized spacial score (nSPS) is 12.0. The van der Waals surface area contributed by atoms with Crippen molar-refractivity contribution in [3.8, 4) is 12.3 Å². The molecule has 9 heteroatoms. The lowest BCUT2D eigenvalue weighted by atomic mass is 10.2. The van der Waals surface area contributed by atoms with Gasteiger partial charge in [-0.05, 0) is 67.1 Å². The van der Waals surface area contributed by atoms with Gasteiger partial charge in [-0.3, -0.25) is 9.52 Å². The second-order valence-corrected chi connectivity index (χ2v) is 9.89. The van der Waals surface area contributed by atoms with E-state index < -0.39 is 21.7 Å². The van der Waals surface area contributed by atoms with Crippen LogP contribution >= 0.6 is 11.3 Å². The first kappa shape index (κ1) is 22.5. The van der Waals surface area contributed by atoms with E-state index in [0.717, 1.165) is 40.0 Å². The van der Waals surface area contributed by atoms with Gasteiger partial charge in [-0.1, -0.05) is 29.4 Å². The lowest BCUT2D eigenvalue weighted by Gasteiger charge is -2.08. The van der Waals surface area contributed by atoms with Gasteiger partial charge in [-0.15, -0.1) is 6.42 Å². The number of hydrogen-bond acceptors (Lipinski definition) is 4. The molecule has 1 aromatic heterocycles. The van der Waals surface area contributed by atoms with E-state index in [2.05, 4.69) is 15.6 Å². The zero-order valence-electron chi connectivity index (χ0n) is 17.4. The van der Waals surface area contributed by atoms with Crippen LogP contribution in [0.25, 0.3) is 10.2 Å². The molecule has 0 radical (unpaired) electrons. The number of rotatable bonds is 5. The average molecular weight is 480 g/mol. The quantitative estimate of drug-likeness (QED) is 0.433. The summed E-state index contributed by atoms with van der Waals surface area (Å²) in [7, 11) is -3.95. The molecular weight excluding hydrogens is 461 g/mol. The van der Waals surface area contributed by atoms with Crippen molar-refractivity contribution in [2.45, 2.75) is 18.4 Å². The highest BCUT2D eigenvalue weighted by atomic mass is 32.2. The van der Waals surface area contributed by atoms with Crippen LogP contribution in [0.5, 0.6) is 0 Å². The number of carbonyl (C=O) groups is 1. The van der Waals surface area contributed by atoms with Gasteiger partial charge in [-0.25, -0.2) is 12.8 Å². The Morgan fingerprint density at radius 2 is 1.91 bits per heavy atom. The third-order valence-electron chi connectivity index (χ3n) is 4.77. The third-order valence-corrected chi connectivity index (χ3v) is 7.21. The molecule has 0 unspecified atom stereocenters. The lowest BCUT2D eigenvalue weighted by molar-refractivity contribution is 0.0998. The van der Waals surface area contributed by atoms with E-state index in [0.29, 0.717) is 4.80 Å². The number of nitrogens with one attached hydrogen (secondary N) is 1. The van der Waals surface area contributed by atoms with Crippen molar-refractivity contribution in [2.24, 2.45) is 4.99 Å². The number of thiazole rings is 1. The second kappa shape index (κ2) is 9.02. The lowest BCUT2D eigenvalue weighted by Crippen LogP contribution is -2.17. The second-order valence-electron chi connectivity index (χ2n) is 7.20. The first-order valence-electron chi connectivity index (χ1n) is 9.78. The van der Waals surface area contributed by atoms with E-state index in [1.165, 1.54) is 23.5 Å². The fraction of sp³-hybridized carbons (Fsp3) is 0.0833. The zero-order valence-corrected chi connectivity index (χ0v) is 19.1. The Balaban J connectivity index is 1.67. The van der Waals surface area contributed by atoms with Crippen LogP contribution in [-0.2, 0) is 16.6 Å². The molecule has 0 saturated carbocycles. The summed E-state index contributed by atoms with van der Waals surface area (Å²) in [6.45, 7) is 2.23. The van der Waals surface area contributed by atoms with Crippen LogP contribution in [-0.4, -0.2) is 18.9 Å². The summed E-state index contributed by atoms with van der Waals surface area (Å²) in [5, 5.41) is 0. The Bertz CT molecular complexity index is 1580. The van der Waals surface area contributed by atoms with Gasteiger partial charge in [0.2, 0.25) is 0 Å². The molecule has 0 atom stereocenters. The van der Waals surface area contributed by atoms with Crippen LogP contribution < -0.4 is 9.52 Å². The Morgan fingerprint density at radius 1 is 1.15 bits per heavy atom. The number of benzene rings is 3. The minimum absolute atomic E-state index is 0.0961. The van der Waals surface area contributed by atoms with Crippen molar-refractivity contribution in [1.82, 2.24) is 4.57 Å². The van der Waals surface area contributed by atoms with Crippen molar-refractivity contribution in [1.29, 1.82) is 0 Å². The Kier molecular flexibility index (Phi) is 6.14. The summed E-state index contributed by atoms with van der Waals surface area (Å²) < 4.78 is 43.4. The molecule has 0 aliphatic carbocycles. The fourth-order valence-corrected chi connectivity index (χ4v) is 5.38. The minimum atomic E-state index is -3.95. The van der Waals surface area contributed by atoms with E-state index in [1.807, 2.05) is 25.1 Å². The smallest absolute Gasteiger partial charge is 0.279 e. The SMILES string of the molecule is C#CCn1c(=NC(=O)c2cccc(NS(=O)(=O)c3ccc(F)cc3)c2)sc2cc(C)ccc21. The molecule has 6 nitrogen and oxygen atoms in total. The fourth-order valence-electron chi connectivity index (χ4n) is 3.20. The van der Waals surface area contributed by atoms with Crippen LogP contribution in [0.4, 0.5) is 10.1 Å². The van der Waals surface area contributed by atoms with Crippen LogP contribution in [0.15, 0.2) is 76.6 Å². The van der Waals surface area contributed by atoms with Crippen LogP contribution in [0.2, 0.25) is 0 Å². The molecule has 0 saturated heterocycles. The largest absolute Gasteiger partial charge is 0.305 e. The molecule has 1 amide bonds. The zero-order chi connectivity index (χ0) is 23.6. The molecule has 0 spiro atoms. The minimum Gasteiger partial charge on any atom is -0.305 e. The Labute approximate surface area is 194 Å². The molecular formula is C24H18FN3O3S2. The first-order chi connectivity index (χ1) is 15.8. The Morgan fingerprint density at radius 3 is 2.64 bits per heavy atom. The molecule has 0 aliphatic rings. The molecule has 166 valence electrons. The molecule has 1 N–H and O–H groups in total. The van der Waals surface area contributed by atoms with Gasteiger partial charge in [-0.2, -0.15) is 4.99 Å². The van der Waals surface area contributed by atoms with E-state index in [4.69, 9.17) is 6.42 Å². The maximum Gasteiger partial charge on any atom is 0.279 e. The van der Waals surface area contributed by atoms with Gasteiger partial charge in [0.25, 0.3) is 15.9 Å². The number of sulfonamides is 1. The topological polar surface area (TPSA) is 80.5 Å². The molecule has 33 heavy (non-hydrogen) atoms. The van der Waals surface area contributed by atoms with E-state index in [-0.39, 0.29) is 22.7 Å². The van der Waals surface area contributed by atoms with Gasteiger partial charge in [0.1, 0.15) is 5.82 Å². The van der Waals surface area contributed by atoms with E-state index >= 15 is 0 Å². The molecule has 0 fully saturated rings. The summed E-state index contributed by atoms with van der Waals surface area (Å²) in [4.78, 5) is 17.5. The number of carbonyl (C=O) groups excluding carboxylic acids is 1. The van der Waals surface area contributed by atoms with Crippen molar-refractivity contribution in [3.63, 3.8) is 0 Å². The molecule has 4 rings (SSSR count). The summed E-state index contributed by atoms with van der Waals surface area (Å²) in [5.74, 6) is 1.51.